The number of nitrogens with one attached hydrogen (secondary N) is 1. The highest BCUT2D eigenvalue weighted by atomic mass is 19.1. The summed E-state index contributed by atoms with van der Waals surface area (Å²) in [4.78, 5) is 12.6. The van der Waals surface area contributed by atoms with Crippen LogP contribution in [-0.2, 0) is 6.42 Å². The molecule has 1 aromatic heterocycles. The monoisotopic (exact) mass is 367 g/mol. The number of amides is 1. The van der Waals surface area contributed by atoms with Crippen molar-refractivity contribution in [1.29, 1.82) is 0 Å². The van der Waals surface area contributed by atoms with Crippen molar-refractivity contribution >= 4 is 5.91 Å². The average molecular weight is 367 g/mol. The molecule has 1 atom stereocenters. The van der Waals surface area contributed by atoms with Gasteiger partial charge in [-0.05, 0) is 55.7 Å². The summed E-state index contributed by atoms with van der Waals surface area (Å²) >= 11 is 0. The normalized spacial score (nSPS) is 12.0. The Morgan fingerprint density at radius 3 is 2.56 bits per heavy atom. The number of aromatic nitrogens is 2. The fraction of sp³-hybridized carbons (Fsp3) is 0.238. The number of rotatable bonds is 7. The summed E-state index contributed by atoms with van der Waals surface area (Å²) in [5, 5.41) is 16.6. The number of benzene rings is 2. The van der Waals surface area contributed by atoms with E-state index in [1.165, 1.54) is 12.1 Å². The molecule has 0 radical (unpaired) electrons. The van der Waals surface area contributed by atoms with Crippen LogP contribution in [-0.4, -0.2) is 33.4 Å². The van der Waals surface area contributed by atoms with Gasteiger partial charge < -0.3 is 10.4 Å². The van der Waals surface area contributed by atoms with Crippen LogP contribution in [0.5, 0.6) is 0 Å². The van der Waals surface area contributed by atoms with Gasteiger partial charge in [0.05, 0.1) is 5.69 Å². The van der Waals surface area contributed by atoms with Gasteiger partial charge in [0.25, 0.3) is 5.91 Å². The summed E-state index contributed by atoms with van der Waals surface area (Å²) in [6.07, 6.45) is 1.09. The summed E-state index contributed by atoms with van der Waals surface area (Å²) in [7, 11) is 0. The standard InChI is InChI=1S/C21H22FN3O2/c1-15-13-20(24-25(15)19-9-7-17(22)8-10-19)21(27)23-18(11-12-26)14-16-5-3-2-4-6-16/h2-10,13,18,26H,11-12,14H2,1H3,(H,23,27). The molecule has 2 N–H and O–H groups in total. The Bertz CT molecular complexity index is 892. The Balaban J connectivity index is 1.74. The zero-order valence-electron chi connectivity index (χ0n) is 15.1. The molecule has 0 saturated heterocycles. The summed E-state index contributed by atoms with van der Waals surface area (Å²) in [6, 6.07) is 17.2. The first-order valence-electron chi connectivity index (χ1n) is 8.85. The fourth-order valence-electron chi connectivity index (χ4n) is 2.97. The van der Waals surface area contributed by atoms with Gasteiger partial charge in [-0.15, -0.1) is 0 Å². The van der Waals surface area contributed by atoms with Crippen LogP contribution in [0.25, 0.3) is 5.69 Å². The van der Waals surface area contributed by atoms with Crippen LogP contribution in [0.3, 0.4) is 0 Å². The number of carbonyl (C=O) groups is 1. The molecule has 1 heterocycles. The second kappa shape index (κ2) is 8.60. The van der Waals surface area contributed by atoms with Crippen molar-refractivity contribution in [1.82, 2.24) is 15.1 Å². The molecule has 3 rings (SSSR count). The number of halogens is 1. The third-order valence-electron chi connectivity index (χ3n) is 4.33. The van der Waals surface area contributed by atoms with E-state index in [2.05, 4.69) is 10.4 Å². The third kappa shape index (κ3) is 4.80. The Labute approximate surface area is 157 Å². The number of hydrogen-bond donors (Lipinski definition) is 2. The summed E-state index contributed by atoms with van der Waals surface area (Å²) in [5.74, 6) is -0.623. The first-order chi connectivity index (χ1) is 13.1. The van der Waals surface area contributed by atoms with E-state index >= 15 is 0 Å². The molecule has 0 aliphatic rings. The molecule has 6 heteroatoms. The van der Waals surface area contributed by atoms with E-state index in [-0.39, 0.29) is 30.1 Å². The van der Waals surface area contributed by atoms with Crippen molar-refractivity contribution in [2.75, 3.05) is 6.61 Å². The van der Waals surface area contributed by atoms with Gasteiger partial charge in [-0.3, -0.25) is 4.79 Å². The smallest absolute Gasteiger partial charge is 0.272 e. The molecule has 140 valence electrons. The molecule has 0 saturated carbocycles. The predicted molar refractivity (Wildman–Crippen MR) is 101 cm³/mol. The topological polar surface area (TPSA) is 67.2 Å². The van der Waals surface area contributed by atoms with Crippen LogP contribution < -0.4 is 5.32 Å². The van der Waals surface area contributed by atoms with Crippen LogP contribution >= 0.6 is 0 Å². The quantitative estimate of drug-likeness (QED) is 0.674. The fourth-order valence-corrected chi connectivity index (χ4v) is 2.97. The highest BCUT2D eigenvalue weighted by Crippen LogP contribution is 2.14. The first kappa shape index (κ1) is 18.8. The molecule has 0 spiro atoms. The minimum Gasteiger partial charge on any atom is -0.396 e. The van der Waals surface area contributed by atoms with Gasteiger partial charge in [0.2, 0.25) is 0 Å². The predicted octanol–water partition coefficient (Wildman–Crippen LogP) is 3.04. The molecular formula is C21H22FN3O2. The van der Waals surface area contributed by atoms with Crippen LogP contribution in [0.1, 0.15) is 28.2 Å². The Morgan fingerprint density at radius 2 is 1.89 bits per heavy atom. The van der Waals surface area contributed by atoms with E-state index in [4.69, 9.17) is 0 Å². The Morgan fingerprint density at radius 1 is 1.19 bits per heavy atom. The van der Waals surface area contributed by atoms with Crippen LogP contribution in [0.15, 0.2) is 60.7 Å². The summed E-state index contributed by atoms with van der Waals surface area (Å²) < 4.78 is 14.7. The van der Waals surface area contributed by atoms with Crippen molar-refractivity contribution < 1.29 is 14.3 Å². The molecule has 5 nitrogen and oxygen atoms in total. The molecule has 0 bridgehead atoms. The van der Waals surface area contributed by atoms with Crippen LogP contribution in [0.4, 0.5) is 4.39 Å². The van der Waals surface area contributed by atoms with Crippen LogP contribution in [0.2, 0.25) is 0 Å². The lowest BCUT2D eigenvalue weighted by Gasteiger charge is -2.17. The van der Waals surface area contributed by atoms with E-state index < -0.39 is 0 Å². The molecule has 27 heavy (non-hydrogen) atoms. The number of nitrogens with zero attached hydrogens (tertiary/aromatic N) is 2. The van der Waals surface area contributed by atoms with Crippen molar-refractivity contribution in [3.05, 3.63) is 83.4 Å². The lowest BCUT2D eigenvalue weighted by molar-refractivity contribution is 0.0924. The minimum absolute atomic E-state index is 0.0131. The number of aliphatic hydroxyl groups excluding tert-OH is 1. The third-order valence-corrected chi connectivity index (χ3v) is 4.33. The van der Waals surface area contributed by atoms with Crippen molar-refractivity contribution in [2.24, 2.45) is 0 Å². The zero-order valence-corrected chi connectivity index (χ0v) is 15.1. The summed E-state index contributed by atoms with van der Waals surface area (Å²) in [6.45, 7) is 1.82. The lowest BCUT2D eigenvalue weighted by atomic mass is 10.0. The SMILES string of the molecule is Cc1cc(C(=O)NC(CCO)Cc2ccccc2)nn1-c1ccc(F)cc1. The first-order valence-corrected chi connectivity index (χ1v) is 8.85. The number of aliphatic hydroxyl groups is 1. The molecule has 3 aromatic rings. The highest BCUT2D eigenvalue weighted by Gasteiger charge is 2.18. The van der Waals surface area contributed by atoms with E-state index in [0.29, 0.717) is 18.5 Å². The molecule has 0 aliphatic heterocycles. The largest absolute Gasteiger partial charge is 0.396 e. The molecular weight excluding hydrogens is 345 g/mol. The molecule has 0 fully saturated rings. The Hall–Kier alpha value is -2.99. The number of carbonyl (C=O) groups excluding carboxylic acids is 1. The Kier molecular flexibility index (Phi) is 5.98. The van der Waals surface area contributed by atoms with Crippen LogP contribution in [0, 0.1) is 12.7 Å². The van der Waals surface area contributed by atoms with Gasteiger partial charge in [-0.2, -0.15) is 5.10 Å². The van der Waals surface area contributed by atoms with Gasteiger partial charge in [0.15, 0.2) is 5.69 Å². The molecule has 1 unspecified atom stereocenters. The van der Waals surface area contributed by atoms with E-state index in [1.807, 2.05) is 37.3 Å². The minimum atomic E-state index is -0.325. The van der Waals surface area contributed by atoms with Crippen molar-refractivity contribution in [3.63, 3.8) is 0 Å². The highest BCUT2D eigenvalue weighted by molar-refractivity contribution is 5.92. The van der Waals surface area contributed by atoms with Gasteiger partial charge in [-0.25, -0.2) is 9.07 Å². The van der Waals surface area contributed by atoms with Crippen molar-refractivity contribution in [3.8, 4) is 5.69 Å². The maximum absolute atomic E-state index is 13.1. The molecule has 1 amide bonds. The second-order valence-electron chi connectivity index (χ2n) is 6.43. The van der Waals surface area contributed by atoms with E-state index in [9.17, 15) is 14.3 Å². The maximum atomic E-state index is 13.1. The average Bonchev–Trinajstić information content (AvgIpc) is 3.05. The van der Waals surface area contributed by atoms with Gasteiger partial charge in [0.1, 0.15) is 5.82 Å². The number of aryl methyl sites for hydroxylation is 1. The zero-order chi connectivity index (χ0) is 19.2. The molecule has 0 aliphatic carbocycles. The van der Waals surface area contributed by atoms with Gasteiger partial charge in [0, 0.05) is 18.3 Å². The maximum Gasteiger partial charge on any atom is 0.272 e. The second-order valence-corrected chi connectivity index (χ2v) is 6.43. The number of hydrogen-bond acceptors (Lipinski definition) is 3. The molecule has 2 aromatic carbocycles. The van der Waals surface area contributed by atoms with Crippen molar-refractivity contribution in [2.45, 2.75) is 25.8 Å². The lowest BCUT2D eigenvalue weighted by Crippen LogP contribution is -2.37. The van der Waals surface area contributed by atoms with E-state index in [0.717, 1.165) is 11.3 Å². The van der Waals surface area contributed by atoms with Gasteiger partial charge >= 0.3 is 0 Å². The van der Waals surface area contributed by atoms with E-state index in [1.54, 1.807) is 22.9 Å². The van der Waals surface area contributed by atoms with Gasteiger partial charge in [-0.1, -0.05) is 30.3 Å². The summed E-state index contributed by atoms with van der Waals surface area (Å²) in [5.41, 5.74) is 2.83.